The molecule has 2 aromatic rings. The minimum Gasteiger partial charge on any atom is -0.353 e. The third-order valence-corrected chi connectivity index (χ3v) is 4.39. The molecule has 0 amide bonds. The third-order valence-electron chi connectivity index (χ3n) is 4.39. The Hall–Kier alpha value is -1.61. The van der Waals surface area contributed by atoms with Gasteiger partial charge in [-0.1, -0.05) is 31.2 Å². The number of piperidine rings is 1. The van der Waals surface area contributed by atoms with E-state index in [2.05, 4.69) is 49.1 Å². The van der Waals surface area contributed by atoms with Crippen molar-refractivity contribution in [3.8, 4) is 0 Å². The van der Waals surface area contributed by atoms with Crippen molar-refractivity contribution in [3.05, 3.63) is 36.0 Å². The van der Waals surface area contributed by atoms with E-state index in [9.17, 15) is 0 Å². The van der Waals surface area contributed by atoms with Crippen LogP contribution < -0.4 is 10.6 Å². The van der Waals surface area contributed by atoms with E-state index in [0.717, 1.165) is 24.0 Å². The molecule has 1 aliphatic rings. The first-order chi connectivity index (χ1) is 9.69. The summed E-state index contributed by atoms with van der Waals surface area (Å²) in [5.41, 5.74) is 6.79. The minimum atomic E-state index is 0.496. The van der Waals surface area contributed by atoms with Crippen LogP contribution in [0.15, 0.2) is 30.3 Å². The monoisotopic (exact) mass is 269 g/mol. The minimum absolute atomic E-state index is 0.496. The summed E-state index contributed by atoms with van der Waals surface area (Å²) in [6.45, 7) is 6.24. The smallest absolute Gasteiger partial charge is 0.137 e. The molecule has 3 nitrogen and oxygen atoms in total. The Bertz CT molecular complexity index is 608. The fraction of sp³-hybridized carbons (Fsp3) is 0.471. The summed E-state index contributed by atoms with van der Waals surface area (Å²) in [5, 5.41) is 2.48. The highest BCUT2D eigenvalue weighted by atomic mass is 15.2. The van der Waals surface area contributed by atoms with Gasteiger partial charge in [-0.2, -0.15) is 0 Å². The van der Waals surface area contributed by atoms with Crippen molar-refractivity contribution in [2.24, 2.45) is 11.7 Å². The molecule has 1 aliphatic heterocycles. The van der Waals surface area contributed by atoms with Gasteiger partial charge in [-0.15, -0.1) is 0 Å². The van der Waals surface area contributed by atoms with E-state index in [-0.39, 0.29) is 0 Å². The molecule has 0 spiro atoms. The number of rotatable bonds is 2. The number of hydrogen-bond donors (Lipinski definition) is 1. The summed E-state index contributed by atoms with van der Waals surface area (Å²) in [6.07, 6.45) is 2.48. The lowest BCUT2D eigenvalue weighted by molar-refractivity contribution is 0.376. The second-order valence-electron chi connectivity index (χ2n) is 6.03. The molecule has 3 rings (SSSR count). The van der Waals surface area contributed by atoms with Crippen LogP contribution in [0.2, 0.25) is 0 Å². The molecule has 106 valence electrons. The van der Waals surface area contributed by atoms with E-state index in [1.165, 1.54) is 23.6 Å². The Labute approximate surface area is 120 Å². The van der Waals surface area contributed by atoms with Crippen molar-refractivity contribution in [1.29, 1.82) is 0 Å². The van der Waals surface area contributed by atoms with Crippen LogP contribution in [-0.4, -0.2) is 17.6 Å². The first-order valence-corrected chi connectivity index (χ1v) is 7.54. The normalized spacial score (nSPS) is 23.2. The van der Waals surface area contributed by atoms with Crippen molar-refractivity contribution in [3.63, 3.8) is 0 Å². The average molecular weight is 269 g/mol. The number of nitrogens with two attached hydrogens (primary N) is 1. The van der Waals surface area contributed by atoms with Gasteiger partial charge in [0.15, 0.2) is 0 Å². The quantitative estimate of drug-likeness (QED) is 0.909. The molecule has 20 heavy (non-hydrogen) atoms. The zero-order valence-electron chi connectivity index (χ0n) is 12.3. The van der Waals surface area contributed by atoms with Crippen LogP contribution in [-0.2, 0) is 6.54 Å². The Balaban J connectivity index is 2.09. The van der Waals surface area contributed by atoms with E-state index in [1.807, 2.05) is 0 Å². The number of fused-ring (bicyclic) bond motifs is 1. The zero-order chi connectivity index (χ0) is 14.1. The maximum atomic E-state index is 5.81. The average Bonchev–Trinajstić information content (AvgIpc) is 2.46. The first-order valence-electron chi connectivity index (χ1n) is 7.54. The summed E-state index contributed by atoms with van der Waals surface area (Å²) in [5.74, 6) is 1.92. The van der Waals surface area contributed by atoms with Crippen LogP contribution in [0.3, 0.4) is 0 Å². The van der Waals surface area contributed by atoms with E-state index < -0.39 is 0 Å². The van der Waals surface area contributed by atoms with Crippen molar-refractivity contribution in [2.75, 3.05) is 11.4 Å². The molecule has 2 unspecified atom stereocenters. The molecule has 1 fully saturated rings. The third kappa shape index (κ3) is 2.38. The Morgan fingerprint density at radius 2 is 2.10 bits per heavy atom. The largest absolute Gasteiger partial charge is 0.353 e. The van der Waals surface area contributed by atoms with Crippen molar-refractivity contribution in [1.82, 2.24) is 4.98 Å². The van der Waals surface area contributed by atoms with Gasteiger partial charge in [-0.3, -0.25) is 0 Å². The van der Waals surface area contributed by atoms with Crippen LogP contribution in [0, 0.1) is 5.92 Å². The zero-order valence-corrected chi connectivity index (χ0v) is 12.3. The van der Waals surface area contributed by atoms with E-state index >= 15 is 0 Å². The number of nitrogens with zero attached hydrogens (tertiary/aromatic N) is 2. The van der Waals surface area contributed by atoms with Crippen LogP contribution in [0.25, 0.3) is 10.8 Å². The van der Waals surface area contributed by atoms with Gasteiger partial charge in [0, 0.05) is 24.5 Å². The van der Waals surface area contributed by atoms with E-state index in [4.69, 9.17) is 10.7 Å². The molecule has 0 aliphatic carbocycles. The Morgan fingerprint density at radius 1 is 1.30 bits per heavy atom. The number of aromatic nitrogens is 1. The molecule has 0 radical (unpaired) electrons. The standard InChI is InChI=1S/C17H23N3/c1-12-7-8-20(13(2)9-12)17-16-6-4-3-5-14(16)10-15(11-18)19-17/h3-6,10,12-13H,7-9,11,18H2,1-2H3. The highest BCUT2D eigenvalue weighted by molar-refractivity contribution is 5.92. The van der Waals surface area contributed by atoms with E-state index in [1.54, 1.807) is 0 Å². The predicted octanol–water partition coefficient (Wildman–Crippen LogP) is 3.32. The molecular formula is C17H23N3. The van der Waals surface area contributed by atoms with Crippen LogP contribution in [0.5, 0.6) is 0 Å². The molecule has 1 saturated heterocycles. The molecule has 0 saturated carbocycles. The van der Waals surface area contributed by atoms with Crippen molar-refractivity contribution >= 4 is 16.6 Å². The molecule has 2 N–H and O–H groups in total. The second kappa shape index (κ2) is 5.41. The Morgan fingerprint density at radius 3 is 2.85 bits per heavy atom. The van der Waals surface area contributed by atoms with Gasteiger partial charge in [0.1, 0.15) is 5.82 Å². The fourth-order valence-electron chi connectivity index (χ4n) is 3.28. The van der Waals surface area contributed by atoms with Crippen LogP contribution in [0.4, 0.5) is 5.82 Å². The van der Waals surface area contributed by atoms with Gasteiger partial charge in [0.2, 0.25) is 0 Å². The van der Waals surface area contributed by atoms with Crippen molar-refractivity contribution < 1.29 is 0 Å². The molecule has 1 aromatic carbocycles. The summed E-state index contributed by atoms with van der Waals surface area (Å²) in [4.78, 5) is 7.28. The second-order valence-corrected chi connectivity index (χ2v) is 6.03. The fourth-order valence-corrected chi connectivity index (χ4v) is 3.28. The summed E-state index contributed by atoms with van der Waals surface area (Å²) >= 11 is 0. The summed E-state index contributed by atoms with van der Waals surface area (Å²) < 4.78 is 0. The van der Waals surface area contributed by atoms with E-state index in [0.29, 0.717) is 12.6 Å². The predicted molar refractivity (Wildman–Crippen MR) is 84.8 cm³/mol. The molecule has 2 heterocycles. The van der Waals surface area contributed by atoms with Gasteiger partial charge in [0.05, 0.1) is 5.69 Å². The topological polar surface area (TPSA) is 42.2 Å². The highest BCUT2D eigenvalue weighted by Gasteiger charge is 2.25. The molecule has 3 heteroatoms. The van der Waals surface area contributed by atoms with Gasteiger partial charge in [-0.25, -0.2) is 4.98 Å². The number of anilines is 1. The maximum Gasteiger partial charge on any atom is 0.137 e. The van der Waals surface area contributed by atoms with Crippen LogP contribution >= 0.6 is 0 Å². The molecule has 1 aromatic heterocycles. The number of benzene rings is 1. The summed E-state index contributed by atoms with van der Waals surface area (Å²) in [6, 6.07) is 11.1. The van der Waals surface area contributed by atoms with Gasteiger partial charge in [0.25, 0.3) is 0 Å². The SMILES string of the molecule is CC1CCN(c2nc(CN)cc3ccccc23)C(C)C1. The molecule has 0 bridgehead atoms. The highest BCUT2D eigenvalue weighted by Crippen LogP contribution is 2.32. The lowest BCUT2D eigenvalue weighted by atomic mass is 9.93. The lowest BCUT2D eigenvalue weighted by Crippen LogP contribution is -2.41. The van der Waals surface area contributed by atoms with Gasteiger partial charge in [-0.05, 0) is 37.1 Å². The molecule has 2 atom stereocenters. The number of pyridine rings is 1. The van der Waals surface area contributed by atoms with Gasteiger partial charge < -0.3 is 10.6 Å². The van der Waals surface area contributed by atoms with Crippen LogP contribution in [0.1, 0.15) is 32.4 Å². The maximum absolute atomic E-state index is 5.81. The summed E-state index contributed by atoms with van der Waals surface area (Å²) in [7, 11) is 0. The van der Waals surface area contributed by atoms with Crippen molar-refractivity contribution in [2.45, 2.75) is 39.3 Å². The molecular weight excluding hydrogens is 246 g/mol. The number of hydrogen-bond acceptors (Lipinski definition) is 3. The van der Waals surface area contributed by atoms with Gasteiger partial charge >= 0.3 is 0 Å². The Kier molecular flexibility index (Phi) is 3.62. The lowest BCUT2D eigenvalue weighted by Gasteiger charge is -2.38. The first kappa shape index (κ1) is 13.4.